The summed E-state index contributed by atoms with van der Waals surface area (Å²) < 4.78 is 11.4. The molecule has 0 bridgehead atoms. The lowest BCUT2D eigenvalue weighted by Gasteiger charge is -2.37. The first kappa shape index (κ1) is 18.2. The Labute approximate surface area is 162 Å². The Bertz CT molecular complexity index is 845. The molecule has 1 aromatic heterocycles. The maximum absolute atomic E-state index is 12.8. The summed E-state index contributed by atoms with van der Waals surface area (Å²) in [6, 6.07) is 7.20. The molecule has 7 nitrogen and oxygen atoms in total. The largest absolute Gasteiger partial charge is 0.347 e. The van der Waals surface area contributed by atoms with Gasteiger partial charge in [0.1, 0.15) is 5.69 Å². The van der Waals surface area contributed by atoms with E-state index in [0.717, 1.165) is 11.3 Å². The van der Waals surface area contributed by atoms with Crippen molar-refractivity contribution < 1.29 is 14.3 Å². The molecule has 0 unspecified atom stereocenters. The summed E-state index contributed by atoms with van der Waals surface area (Å²) in [5.74, 6) is -0.252. The van der Waals surface area contributed by atoms with Gasteiger partial charge in [-0.3, -0.25) is 4.79 Å². The van der Waals surface area contributed by atoms with Crippen LogP contribution in [0.4, 0.5) is 11.6 Å². The van der Waals surface area contributed by atoms with Gasteiger partial charge in [0, 0.05) is 42.8 Å². The minimum Gasteiger partial charge on any atom is -0.347 e. The molecule has 27 heavy (non-hydrogen) atoms. The van der Waals surface area contributed by atoms with Gasteiger partial charge in [0.15, 0.2) is 5.79 Å². The van der Waals surface area contributed by atoms with Crippen LogP contribution in [0.25, 0.3) is 0 Å². The van der Waals surface area contributed by atoms with Crippen molar-refractivity contribution in [1.29, 1.82) is 0 Å². The third-order valence-electron chi connectivity index (χ3n) is 5.01. The van der Waals surface area contributed by atoms with Crippen LogP contribution in [0.5, 0.6) is 0 Å². The van der Waals surface area contributed by atoms with Crippen molar-refractivity contribution in [2.75, 3.05) is 31.6 Å². The summed E-state index contributed by atoms with van der Waals surface area (Å²) in [6.45, 7) is 4.32. The van der Waals surface area contributed by atoms with Crippen LogP contribution >= 0.6 is 11.6 Å². The molecular formula is C19H21ClN4O3. The molecule has 142 valence electrons. The van der Waals surface area contributed by atoms with Crippen LogP contribution < -0.4 is 5.32 Å². The Balaban J connectivity index is 1.46. The Morgan fingerprint density at radius 2 is 1.96 bits per heavy atom. The van der Waals surface area contributed by atoms with Gasteiger partial charge in [-0.1, -0.05) is 17.7 Å². The molecule has 2 aliphatic rings. The minimum atomic E-state index is -0.501. The van der Waals surface area contributed by atoms with Crippen LogP contribution in [-0.2, 0) is 9.47 Å². The van der Waals surface area contributed by atoms with Crippen molar-refractivity contribution in [3.63, 3.8) is 0 Å². The lowest BCUT2D eigenvalue weighted by atomic mass is 10.0. The number of carbonyl (C=O) groups excluding carboxylic acids is 1. The van der Waals surface area contributed by atoms with Gasteiger partial charge in [-0.2, -0.15) is 0 Å². The van der Waals surface area contributed by atoms with E-state index in [0.29, 0.717) is 55.8 Å². The summed E-state index contributed by atoms with van der Waals surface area (Å²) >= 11 is 6.15. The second-order valence-corrected chi connectivity index (χ2v) is 7.11. The molecule has 0 saturated carbocycles. The van der Waals surface area contributed by atoms with E-state index in [9.17, 15) is 4.79 Å². The van der Waals surface area contributed by atoms with Gasteiger partial charge >= 0.3 is 0 Å². The van der Waals surface area contributed by atoms with Crippen LogP contribution in [0, 0.1) is 6.92 Å². The Kier molecular flexibility index (Phi) is 4.99. The number of anilines is 2. The van der Waals surface area contributed by atoms with Gasteiger partial charge in [-0.15, -0.1) is 0 Å². The van der Waals surface area contributed by atoms with E-state index in [4.69, 9.17) is 21.1 Å². The predicted molar refractivity (Wildman–Crippen MR) is 101 cm³/mol. The average molecular weight is 389 g/mol. The monoisotopic (exact) mass is 388 g/mol. The van der Waals surface area contributed by atoms with E-state index >= 15 is 0 Å². The fourth-order valence-corrected chi connectivity index (χ4v) is 3.57. The number of likely N-dealkylation sites (tertiary alicyclic amines) is 1. The Hall–Kier alpha value is -2.22. The second-order valence-electron chi connectivity index (χ2n) is 6.70. The molecule has 2 aromatic rings. The van der Waals surface area contributed by atoms with E-state index in [1.165, 1.54) is 0 Å². The molecule has 8 heteroatoms. The highest BCUT2D eigenvalue weighted by Crippen LogP contribution is 2.31. The van der Waals surface area contributed by atoms with E-state index < -0.39 is 5.79 Å². The molecule has 2 aliphatic heterocycles. The topological polar surface area (TPSA) is 76.6 Å². The number of piperidine rings is 1. The SMILES string of the molecule is Cc1c(Cl)cccc1Nc1nccc(C(=O)N2CCC3(CC2)OCCO3)n1. The molecule has 1 N–H and O–H groups in total. The number of benzene rings is 1. The summed E-state index contributed by atoms with van der Waals surface area (Å²) in [5.41, 5.74) is 2.07. The van der Waals surface area contributed by atoms with Crippen LogP contribution in [0.2, 0.25) is 5.02 Å². The highest BCUT2D eigenvalue weighted by atomic mass is 35.5. The average Bonchev–Trinajstić information content (AvgIpc) is 3.14. The third kappa shape index (κ3) is 3.76. The number of aromatic nitrogens is 2. The van der Waals surface area contributed by atoms with Gasteiger partial charge in [-0.25, -0.2) is 9.97 Å². The first-order valence-corrected chi connectivity index (χ1v) is 9.36. The smallest absolute Gasteiger partial charge is 0.272 e. The number of ether oxygens (including phenoxy) is 2. The lowest BCUT2D eigenvalue weighted by molar-refractivity contribution is -0.181. The number of hydrogen-bond acceptors (Lipinski definition) is 6. The lowest BCUT2D eigenvalue weighted by Crippen LogP contribution is -2.47. The van der Waals surface area contributed by atoms with Crippen molar-refractivity contribution in [3.05, 3.63) is 46.7 Å². The molecule has 2 saturated heterocycles. The summed E-state index contributed by atoms with van der Waals surface area (Å²) in [4.78, 5) is 23.2. The van der Waals surface area contributed by atoms with Crippen molar-refractivity contribution >= 4 is 29.1 Å². The normalized spacial score (nSPS) is 18.7. The van der Waals surface area contributed by atoms with Crippen LogP contribution in [0.15, 0.2) is 30.5 Å². The summed E-state index contributed by atoms with van der Waals surface area (Å²) in [5, 5.41) is 3.79. The van der Waals surface area contributed by atoms with Crippen LogP contribution in [0.3, 0.4) is 0 Å². The zero-order valence-corrected chi connectivity index (χ0v) is 15.8. The van der Waals surface area contributed by atoms with Gasteiger partial charge in [0.05, 0.1) is 13.2 Å². The quantitative estimate of drug-likeness (QED) is 0.870. The number of amides is 1. The molecular weight excluding hydrogens is 368 g/mol. The number of hydrogen-bond donors (Lipinski definition) is 1. The maximum atomic E-state index is 12.8. The van der Waals surface area contributed by atoms with Crippen molar-refractivity contribution in [2.24, 2.45) is 0 Å². The van der Waals surface area contributed by atoms with Crippen molar-refractivity contribution in [3.8, 4) is 0 Å². The number of rotatable bonds is 3. The molecule has 1 amide bonds. The maximum Gasteiger partial charge on any atom is 0.272 e. The zero-order valence-electron chi connectivity index (χ0n) is 15.1. The fraction of sp³-hybridized carbons (Fsp3) is 0.421. The number of nitrogens with zero attached hydrogens (tertiary/aromatic N) is 3. The molecule has 0 radical (unpaired) electrons. The summed E-state index contributed by atoms with van der Waals surface area (Å²) in [7, 11) is 0. The Morgan fingerprint density at radius 1 is 1.22 bits per heavy atom. The van der Waals surface area contributed by atoms with E-state index in [1.54, 1.807) is 17.2 Å². The van der Waals surface area contributed by atoms with Crippen LogP contribution in [0.1, 0.15) is 28.9 Å². The number of halogens is 1. The van der Waals surface area contributed by atoms with Crippen LogP contribution in [-0.4, -0.2) is 52.9 Å². The predicted octanol–water partition coefficient (Wildman–Crippen LogP) is 3.16. The molecule has 4 rings (SSSR count). The van der Waals surface area contributed by atoms with E-state index in [1.807, 2.05) is 25.1 Å². The molecule has 0 atom stereocenters. The Morgan fingerprint density at radius 3 is 2.70 bits per heavy atom. The first-order chi connectivity index (χ1) is 13.1. The minimum absolute atomic E-state index is 0.115. The standard InChI is InChI=1S/C19H21ClN4O3/c1-13-14(20)3-2-4-15(13)22-18-21-8-5-16(23-18)17(25)24-9-6-19(7-10-24)26-11-12-27-19/h2-5,8H,6-7,9-12H2,1H3,(H,21,22,23). The van der Waals surface area contributed by atoms with Gasteiger partial charge in [0.2, 0.25) is 5.95 Å². The number of carbonyl (C=O) groups is 1. The third-order valence-corrected chi connectivity index (χ3v) is 5.42. The molecule has 3 heterocycles. The van der Waals surface area contributed by atoms with Gasteiger partial charge < -0.3 is 19.7 Å². The molecule has 0 aliphatic carbocycles. The molecule has 2 fully saturated rings. The second kappa shape index (κ2) is 7.42. The fourth-order valence-electron chi connectivity index (χ4n) is 3.40. The molecule has 1 spiro atoms. The zero-order chi connectivity index (χ0) is 18.9. The van der Waals surface area contributed by atoms with E-state index in [2.05, 4.69) is 15.3 Å². The highest BCUT2D eigenvalue weighted by molar-refractivity contribution is 6.31. The highest BCUT2D eigenvalue weighted by Gasteiger charge is 2.41. The molecule has 1 aromatic carbocycles. The van der Waals surface area contributed by atoms with Gasteiger partial charge in [-0.05, 0) is 30.7 Å². The number of nitrogens with one attached hydrogen (secondary N) is 1. The summed E-state index contributed by atoms with van der Waals surface area (Å²) in [6.07, 6.45) is 2.93. The van der Waals surface area contributed by atoms with E-state index in [-0.39, 0.29) is 5.91 Å². The first-order valence-electron chi connectivity index (χ1n) is 8.99. The van der Waals surface area contributed by atoms with Crippen molar-refractivity contribution in [1.82, 2.24) is 14.9 Å². The van der Waals surface area contributed by atoms with Gasteiger partial charge in [0.25, 0.3) is 5.91 Å². The van der Waals surface area contributed by atoms with Crippen molar-refractivity contribution in [2.45, 2.75) is 25.6 Å².